The van der Waals surface area contributed by atoms with E-state index in [1.54, 1.807) is 0 Å². The molecular formula is C18H17N3OS. The second kappa shape index (κ2) is 5.35. The van der Waals surface area contributed by atoms with Crippen LogP contribution in [0.5, 0.6) is 0 Å². The van der Waals surface area contributed by atoms with Gasteiger partial charge in [0.1, 0.15) is 22.3 Å². The van der Waals surface area contributed by atoms with Gasteiger partial charge in [0.25, 0.3) is 0 Å². The number of thiocarbonyl (C=S) groups is 1. The number of aromatic amines is 1. The highest BCUT2D eigenvalue weighted by Gasteiger charge is 2.36. The second-order valence-corrected chi connectivity index (χ2v) is 6.52. The maximum atomic E-state index is 5.92. The van der Waals surface area contributed by atoms with Gasteiger partial charge in [-0.2, -0.15) is 0 Å². The zero-order chi connectivity index (χ0) is 16.0. The molecule has 2 aromatic heterocycles. The molecule has 0 bridgehead atoms. The summed E-state index contributed by atoms with van der Waals surface area (Å²) in [7, 11) is 0. The molecular weight excluding hydrogens is 306 g/mol. The van der Waals surface area contributed by atoms with Crippen LogP contribution in [-0.2, 0) is 0 Å². The third-order valence-corrected chi connectivity index (χ3v) is 4.54. The van der Waals surface area contributed by atoms with E-state index in [2.05, 4.69) is 16.9 Å². The number of imidazole rings is 1. The first-order valence-electron chi connectivity index (χ1n) is 7.68. The number of para-hydroxylation sites is 2. The van der Waals surface area contributed by atoms with Crippen LogP contribution in [0.25, 0.3) is 22.7 Å². The Kier molecular flexibility index (Phi) is 3.31. The van der Waals surface area contributed by atoms with Crippen molar-refractivity contribution in [2.24, 2.45) is 11.7 Å². The van der Waals surface area contributed by atoms with Gasteiger partial charge < -0.3 is 15.1 Å². The van der Waals surface area contributed by atoms with Gasteiger partial charge in [0.2, 0.25) is 0 Å². The number of nitrogens with one attached hydrogen (secondary N) is 1. The third-order valence-electron chi connectivity index (χ3n) is 4.32. The molecule has 2 atom stereocenters. The summed E-state index contributed by atoms with van der Waals surface area (Å²) in [6.45, 7) is 2.23. The second-order valence-electron chi connectivity index (χ2n) is 6.08. The van der Waals surface area contributed by atoms with Crippen LogP contribution in [0.4, 0.5) is 0 Å². The van der Waals surface area contributed by atoms with E-state index in [4.69, 9.17) is 22.4 Å². The van der Waals surface area contributed by atoms with Crippen LogP contribution in [0.15, 0.2) is 40.8 Å². The maximum absolute atomic E-state index is 5.92. The predicted octanol–water partition coefficient (Wildman–Crippen LogP) is 4.11. The molecule has 3 N–H and O–H groups in total. The maximum Gasteiger partial charge on any atom is 0.141 e. The summed E-state index contributed by atoms with van der Waals surface area (Å²) in [4.78, 5) is 8.11. The van der Waals surface area contributed by atoms with Crippen molar-refractivity contribution in [3.05, 3.63) is 53.7 Å². The normalized spacial score (nSPS) is 20.8. The highest BCUT2D eigenvalue weighted by Crippen LogP contribution is 2.47. The van der Waals surface area contributed by atoms with Gasteiger partial charge in [-0.1, -0.05) is 31.3 Å². The summed E-state index contributed by atoms with van der Waals surface area (Å²) in [6, 6.07) is 11.8. The molecule has 3 aromatic rings. The molecule has 4 rings (SSSR count). The lowest BCUT2D eigenvalue weighted by Crippen LogP contribution is -2.11. The van der Waals surface area contributed by atoms with Crippen molar-refractivity contribution in [1.29, 1.82) is 0 Å². The van der Waals surface area contributed by atoms with Crippen LogP contribution in [0.3, 0.4) is 0 Å². The van der Waals surface area contributed by atoms with Crippen LogP contribution < -0.4 is 5.73 Å². The number of H-pyrrole nitrogens is 1. The molecule has 0 unspecified atom stereocenters. The van der Waals surface area contributed by atoms with Gasteiger partial charge in [0.05, 0.1) is 16.6 Å². The Morgan fingerprint density at radius 3 is 2.83 bits per heavy atom. The fourth-order valence-corrected chi connectivity index (χ4v) is 3.00. The zero-order valence-electron chi connectivity index (χ0n) is 12.7. The van der Waals surface area contributed by atoms with Gasteiger partial charge in [-0.3, -0.25) is 0 Å². The molecule has 0 spiro atoms. The quantitative estimate of drug-likeness (QED) is 0.560. The molecule has 1 aliphatic rings. The van der Waals surface area contributed by atoms with Gasteiger partial charge in [-0.05, 0) is 42.7 Å². The SMILES string of the molecule is C[C@H]1C[C@H]1c1ccc(/C=C(\C(N)=S)c2nc3ccccc3[nH]2)o1. The molecule has 2 heterocycles. The summed E-state index contributed by atoms with van der Waals surface area (Å²) in [5.41, 5.74) is 8.42. The van der Waals surface area contributed by atoms with Gasteiger partial charge in [-0.25, -0.2) is 4.98 Å². The number of hydrogen-bond acceptors (Lipinski definition) is 3. The monoisotopic (exact) mass is 323 g/mol. The predicted molar refractivity (Wildman–Crippen MR) is 96.0 cm³/mol. The molecule has 116 valence electrons. The average Bonchev–Trinajstić information content (AvgIpc) is 2.96. The molecule has 1 saturated carbocycles. The minimum absolute atomic E-state index is 0.293. The largest absolute Gasteiger partial charge is 0.461 e. The van der Waals surface area contributed by atoms with Crippen molar-refractivity contribution in [3.63, 3.8) is 0 Å². The van der Waals surface area contributed by atoms with Crippen LogP contribution in [0.1, 0.15) is 36.6 Å². The van der Waals surface area contributed by atoms with Crippen LogP contribution in [-0.4, -0.2) is 15.0 Å². The number of benzene rings is 1. The van der Waals surface area contributed by atoms with E-state index >= 15 is 0 Å². The van der Waals surface area contributed by atoms with Gasteiger partial charge in [0, 0.05) is 5.92 Å². The Morgan fingerprint density at radius 2 is 2.13 bits per heavy atom. The Balaban J connectivity index is 1.72. The van der Waals surface area contributed by atoms with Gasteiger partial charge in [-0.15, -0.1) is 0 Å². The van der Waals surface area contributed by atoms with Crippen molar-refractivity contribution in [2.75, 3.05) is 0 Å². The van der Waals surface area contributed by atoms with E-state index in [9.17, 15) is 0 Å². The Labute approximate surface area is 139 Å². The molecule has 0 saturated heterocycles. The van der Waals surface area contributed by atoms with Crippen LogP contribution >= 0.6 is 12.2 Å². The van der Waals surface area contributed by atoms with Gasteiger partial charge >= 0.3 is 0 Å². The number of hydrogen-bond donors (Lipinski definition) is 2. The number of fused-ring (bicyclic) bond motifs is 1. The molecule has 1 aliphatic carbocycles. The number of rotatable bonds is 4. The molecule has 0 aliphatic heterocycles. The first-order valence-corrected chi connectivity index (χ1v) is 8.09. The summed E-state index contributed by atoms with van der Waals surface area (Å²) in [5, 5.41) is 0. The van der Waals surface area contributed by atoms with E-state index in [-0.39, 0.29) is 0 Å². The highest BCUT2D eigenvalue weighted by molar-refractivity contribution is 7.81. The number of aromatic nitrogens is 2. The van der Waals surface area contributed by atoms with E-state index in [0.29, 0.717) is 28.2 Å². The van der Waals surface area contributed by atoms with E-state index in [1.165, 1.54) is 6.42 Å². The van der Waals surface area contributed by atoms with Crippen molar-refractivity contribution in [1.82, 2.24) is 9.97 Å². The third kappa shape index (κ3) is 2.68. The smallest absolute Gasteiger partial charge is 0.141 e. The van der Waals surface area contributed by atoms with E-state index in [0.717, 1.165) is 22.6 Å². The standard InChI is InChI=1S/C18H17N3OS/c1-10-8-12(10)16-7-6-11(22-16)9-13(17(19)23)18-20-14-4-2-3-5-15(14)21-18/h2-7,9-10,12H,8H2,1H3,(H2,19,23)(H,20,21)/b13-9+/t10-,12+/m0/s1. The average molecular weight is 323 g/mol. The zero-order valence-corrected chi connectivity index (χ0v) is 13.6. The minimum Gasteiger partial charge on any atom is -0.461 e. The Bertz CT molecular complexity index is 888. The first kappa shape index (κ1) is 14.2. The molecule has 5 heteroatoms. The lowest BCUT2D eigenvalue weighted by atomic mass is 10.2. The van der Waals surface area contributed by atoms with Crippen molar-refractivity contribution < 1.29 is 4.42 Å². The van der Waals surface area contributed by atoms with Crippen molar-refractivity contribution >= 4 is 39.9 Å². The van der Waals surface area contributed by atoms with Crippen LogP contribution in [0, 0.1) is 5.92 Å². The topological polar surface area (TPSA) is 67.8 Å². The molecule has 1 fully saturated rings. The first-order chi connectivity index (χ1) is 11.1. The minimum atomic E-state index is 0.293. The number of nitrogens with two attached hydrogens (primary N) is 1. The van der Waals surface area contributed by atoms with E-state index < -0.39 is 0 Å². The fraction of sp³-hybridized carbons (Fsp3) is 0.222. The molecule has 23 heavy (non-hydrogen) atoms. The van der Waals surface area contributed by atoms with E-state index in [1.807, 2.05) is 42.5 Å². The lowest BCUT2D eigenvalue weighted by molar-refractivity contribution is 0.498. The highest BCUT2D eigenvalue weighted by atomic mass is 32.1. The molecule has 0 radical (unpaired) electrons. The Morgan fingerprint density at radius 1 is 1.35 bits per heavy atom. The summed E-state index contributed by atoms with van der Waals surface area (Å²) in [6.07, 6.45) is 3.05. The Hall–Kier alpha value is -2.40. The lowest BCUT2D eigenvalue weighted by Gasteiger charge is -2.00. The summed E-state index contributed by atoms with van der Waals surface area (Å²) >= 11 is 5.20. The molecule has 4 nitrogen and oxygen atoms in total. The van der Waals surface area contributed by atoms with Crippen molar-refractivity contribution in [2.45, 2.75) is 19.3 Å². The number of furan rings is 1. The fourth-order valence-electron chi connectivity index (χ4n) is 2.84. The molecule has 0 amide bonds. The summed E-state index contributed by atoms with van der Waals surface area (Å²) < 4.78 is 5.92. The molecule has 1 aromatic carbocycles. The van der Waals surface area contributed by atoms with Crippen molar-refractivity contribution in [3.8, 4) is 0 Å². The summed E-state index contributed by atoms with van der Waals surface area (Å²) in [5.74, 6) is 3.72. The van der Waals surface area contributed by atoms with Crippen LogP contribution in [0.2, 0.25) is 0 Å². The van der Waals surface area contributed by atoms with Gasteiger partial charge in [0.15, 0.2) is 0 Å². The number of nitrogens with zero attached hydrogens (tertiary/aromatic N) is 1.